The number of likely N-dealkylation sites (tertiary alicyclic amines) is 1. The average molecular weight is 515 g/mol. The van der Waals surface area contributed by atoms with E-state index in [0.717, 1.165) is 0 Å². The molecule has 2 atom stereocenters. The minimum Gasteiger partial charge on any atom is -0.370 e. The first-order valence-electron chi connectivity index (χ1n) is 11.2. The lowest BCUT2D eigenvalue weighted by Gasteiger charge is -2.27. The van der Waals surface area contributed by atoms with Crippen LogP contribution in [0.1, 0.15) is 6.42 Å². The van der Waals surface area contributed by atoms with Crippen LogP contribution >= 0.6 is 11.6 Å². The fraction of sp³-hybridized carbons (Fsp3) is 0.320. The topological polar surface area (TPSA) is 100 Å². The molecule has 9 nitrogen and oxygen atoms in total. The number of amides is 4. The molecule has 0 unspecified atom stereocenters. The molecule has 0 saturated carbocycles. The second-order valence-corrected chi connectivity index (χ2v) is 8.67. The van der Waals surface area contributed by atoms with Crippen molar-refractivity contribution in [2.45, 2.75) is 18.6 Å². The summed E-state index contributed by atoms with van der Waals surface area (Å²) >= 11 is 5.89. The van der Waals surface area contributed by atoms with Crippen molar-refractivity contribution < 1.29 is 28.2 Å². The second-order valence-electron chi connectivity index (χ2n) is 8.23. The molecule has 2 aliphatic heterocycles. The summed E-state index contributed by atoms with van der Waals surface area (Å²) < 4.78 is 25.5. The van der Waals surface area contributed by atoms with Crippen LogP contribution in [0.3, 0.4) is 0 Å². The van der Waals surface area contributed by atoms with E-state index in [0.29, 0.717) is 29.5 Å². The number of anilines is 3. The zero-order valence-corrected chi connectivity index (χ0v) is 20.0. The van der Waals surface area contributed by atoms with Crippen molar-refractivity contribution in [1.29, 1.82) is 0 Å². The zero-order chi connectivity index (χ0) is 25.7. The van der Waals surface area contributed by atoms with E-state index >= 15 is 0 Å². The minimum atomic E-state index is -0.931. The maximum Gasteiger partial charge on any atom is 0.322 e. The molecule has 2 aromatic rings. The Morgan fingerprint density at radius 3 is 2.69 bits per heavy atom. The fourth-order valence-electron chi connectivity index (χ4n) is 4.07. The van der Waals surface area contributed by atoms with Crippen LogP contribution in [0.4, 0.5) is 26.2 Å². The molecule has 0 aromatic heterocycles. The van der Waals surface area contributed by atoms with Gasteiger partial charge in [0.25, 0.3) is 5.91 Å². The van der Waals surface area contributed by atoms with E-state index in [4.69, 9.17) is 27.5 Å². The van der Waals surface area contributed by atoms with Gasteiger partial charge in [-0.2, -0.15) is 0 Å². The van der Waals surface area contributed by atoms with E-state index in [1.165, 1.54) is 21.9 Å². The van der Waals surface area contributed by atoms with Crippen LogP contribution in [0.5, 0.6) is 0 Å². The molecule has 188 valence electrons. The van der Waals surface area contributed by atoms with Crippen molar-refractivity contribution in [3.05, 3.63) is 53.3 Å². The number of hydrogen-bond acceptors (Lipinski definition) is 5. The van der Waals surface area contributed by atoms with Gasteiger partial charge in [-0.15, -0.1) is 6.42 Å². The van der Waals surface area contributed by atoms with Crippen LogP contribution in [-0.2, 0) is 19.1 Å². The zero-order valence-electron chi connectivity index (χ0n) is 19.2. The molecule has 2 aromatic carbocycles. The lowest BCUT2D eigenvalue weighted by molar-refractivity contribution is -0.125. The van der Waals surface area contributed by atoms with Crippen molar-refractivity contribution in [2.24, 2.45) is 0 Å². The van der Waals surface area contributed by atoms with Crippen LogP contribution in [0, 0.1) is 18.2 Å². The molecule has 4 rings (SSSR count). The number of nitrogens with one attached hydrogen (secondary N) is 2. The number of morpholine rings is 1. The number of hydrogen-bond donors (Lipinski definition) is 2. The summed E-state index contributed by atoms with van der Waals surface area (Å²) in [5, 5.41) is 5.79. The Morgan fingerprint density at radius 1 is 1.22 bits per heavy atom. The van der Waals surface area contributed by atoms with Crippen LogP contribution in [0.15, 0.2) is 42.5 Å². The van der Waals surface area contributed by atoms with Gasteiger partial charge < -0.3 is 29.9 Å². The maximum atomic E-state index is 14.9. The molecule has 2 aliphatic rings. The van der Waals surface area contributed by atoms with Crippen molar-refractivity contribution in [2.75, 3.05) is 48.4 Å². The Bertz CT molecular complexity index is 1190. The normalized spacial score (nSPS) is 19.6. The summed E-state index contributed by atoms with van der Waals surface area (Å²) in [6.45, 7) is 0.744. The van der Waals surface area contributed by atoms with E-state index in [-0.39, 0.29) is 37.8 Å². The number of ether oxygens (including phenoxy) is 2. The first kappa shape index (κ1) is 25.4. The summed E-state index contributed by atoms with van der Waals surface area (Å²) in [7, 11) is 0. The lowest BCUT2D eigenvalue weighted by atomic mass is 10.1. The van der Waals surface area contributed by atoms with Gasteiger partial charge in [-0.25, -0.2) is 9.18 Å². The smallest absolute Gasteiger partial charge is 0.322 e. The van der Waals surface area contributed by atoms with Crippen LogP contribution in [-0.4, -0.2) is 67.8 Å². The monoisotopic (exact) mass is 514 g/mol. The highest BCUT2D eigenvalue weighted by Crippen LogP contribution is 2.27. The quantitative estimate of drug-likeness (QED) is 0.577. The fourth-order valence-corrected chi connectivity index (χ4v) is 4.19. The molecular weight excluding hydrogens is 491 g/mol. The van der Waals surface area contributed by atoms with Gasteiger partial charge in [0, 0.05) is 35.9 Å². The number of urea groups is 1. The standard InChI is InChI=1S/C25H24ClFN4O5/c1-2-10-36-19-13-22(31(14-19)25(34)28-17-5-3-16(26)4-6-17)24(33)29-21-8-7-18(12-20(21)27)30-9-11-35-15-23(30)32/h1,3-8,12,19,22H,9-11,13-15H2,(H,28,34)(H,29,33)/t19-,22-/m1/s1. The number of halogens is 2. The third-order valence-electron chi connectivity index (χ3n) is 5.83. The Balaban J connectivity index is 1.47. The number of rotatable bonds is 6. The summed E-state index contributed by atoms with van der Waals surface area (Å²) in [6, 6.07) is 9.16. The number of benzene rings is 2. The molecule has 11 heteroatoms. The highest BCUT2D eigenvalue weighted by atomic mass is 35.5. The summed E-state index contributed by atoms with van der Waals surface area (Å²) in [4.78, 5) is 40.9. The molecule has 0 aliphatic carbocycles. The van der Waals surface area contributed by atoms with Gasteiger partial charge in [0.05, 0.1) is 18.4 Å². The number of carbonyl (C=O) groups excluding carboxylic acids is 3. The Labute approximate surface area is 212 Å². The highest BCUT2D eigenvalue weighted by Gasteiger charge is 2.40. The first-order chi connectivity index (χ1) is 17.4. The van der Waals surface area contributed by atoms with E-state index in [2.05, 4.69) is 16.6 Å². The predicted molar refractivity (Wildman–Crippen MR) is 132 cm³/mol. The molecule has 2 fully saturated rings. The molecule has 2 saturated heterocycles. The summed E-state index contributed by atoms with van der Waals surface area (Å²) in [6.07, 6.45) is 4.99. The summed E-state index contributed by atoms with van der Waals surface area (Å²) in [5.74, 6) is 0.803. The largest absolute Gasteiger partial charge is 0.370 e. The SMILES string of the molecule is C#CCO[C@@H]1C[C@H](C(=O)Nc2ccc(N3CCOCC3=O)cc2F)N(C(=O)Nc2ccc(Cl)cc2)C1. The Hall–Kier alpha value is -3.65. The molecule has 2 heterocycles. The van der Waals surface area contributed by atoms with Crippen molar-refractivity contribution in [3.63, 3.8) is 0 Å². The van der Waals surface area contributed by atoms with Gasteiger partial charge in [0.1, 0.15) is 25.1 Å². The predicted octanol–water partition coefficient (Wildman–Crippen LogP) is 3.11. The molecule has 0 radical (unpaired) electrons. The van der Waals surface area contributed by atoms with Gasteiger partial charge >= 0.3 is 6.03 Å². The van der Waals surface area contributed by atoms with E-state index in [1.807, 2.05) is 0 Å². The molecular formula is C25H24ClFN4O5. The molecule has 36 heavy (non-hydrogen) atoms. The van der Waals surface area contributed by atoms with Crippen molar-refractivity contribution in [3.8, 4) is 12.3 Å². The average Bonchev–Trinajstić information content (AvgIpc) is 3.30. The van der Waals surface area contributed by atoms with Gasteiger partial charge in [-0.05, 0) is 42.5 Å². The van der Waals surface area contributed by atoms with E-state index in [1.54, 1.807) is 30.3 Å². The highest BCUT2D eigenvalue weighted by molar-refractivity contribution is 6.30. The maximum absolute atomic E-state index is 14.9. The van der Waals surface area contributed by atoms with Crippen LogP contribution in [0.2, 0.25) is 5.02 Å². The molecule has 0 bridgehead atoms. The molecule has 2 N–H and O–H groups in total. The first-order valence-corrected chi connectivity index (χ1v) is 11.6. The molecule has 4 amide bonds. The Kier molecular flexibility index (Phi) is 8.05. The number of terminal acetylenes is 1. The summed E-state index contributed by atoms with van der Waals surface area (Å²) in [5.41, 5.74) is 0.790. The molecule has 0 spiro atoms. The number of carbonyl (C=O) groups is 3. The van der Waals surface area contributed by atoms with Crippen LogP contribution in [0.25, 0.3) is 0 Å². The van der Waals surface area contributed by atoms with E-state index in [9.17, 15) is 18.8 Å². The minimum absolute atomic E-state index is 0.0298. The number of nitrogens with zero attached hydrogens (tertiary/aromatic N) is 2. The van der Waals surface area contributed by atoms with Gasteiger partial charge in [0.2, 0.25) is 5.91 Å². The Morgan fingerprint density at radius 2 is 2.00 bits per heavy atom. The van der Waals surface area contributed by atoms with Gasteiger partial charge in [0.15, 0.2) is 0 Å². The van der Waals surface area contributed by atoms with Crippen LogP contribution < -0.4 is 15.5 Å². The van der Waals surface area contributed by atoms with E-state index < -0.39 is 29.9 Å². The van der Waals surface area contributed by atoms with Gasteiger partial charge in [-0.1, -0.05) is 17.5 Å². The van der Waals surface area contributed by atoms with Crippen molar-refractivity contribution >= 4 is 46.5 Å². The third kappa shape index (κ3) is 5.94. The van der Waals surface area contributed by atoms with Gasteiger partial charge in [-0.3, -0.25) is 9.59 Å². The lowest BCUT2D eigenvalue weighted by Crippen LogP contribution is -2.45. The third-order valence-corrected chi connectivity index (χ3v) is 6.08. The van der Waals surface area contributed by atoms with Crippen molar-refractivity contribution in [1.82, 2.24) is 4.90 Å². The second kappa shape index (κ2) is 11.4.